The molecule has 4 N–H and O–H groups in total. The normalized spacial score (nSPS) is 11.9. The van der Waals surface area contributed by atoms with E-state index in [0.717, 1.165) is 18.9 Å². The van der Waals surface area contributed by atoms with Crippen LogP contribution in [0.4, 0.5) is 10.1 Å². The van der Waals surface area contributed by atoms with Crippen LogP contribution in [0.25, 0.3) is 0 Å². The predicted molar refractivity (Wildman–Crippen MR) is 69.5 cm³/mol. The Morgan fingerprint density at radius 3 is 2.74 bits per heavy atom. The second-order valence-electron chi connectivity index (χ2n) is 4.21. The van der Waals surface area contributed by atoms with E-state index in [9.17, 15) is 14.0 Å². The van der Waals surface area contributed by atoms with Crippen LogP contribution in [0.2, 0.25) is 0 Å². The van der Waals surface area contributed by atoms with Crippen molar-refractivity contribution in [3.05, 3.63) is 29.6 Å². The third-order valence-electron chi connectivity index (χ3n) is 2.69. The Morgan fingerprint density at radius 2 is 2.16 bits per heavy atom. The summed E-state index contributed by atoms with van der Waals surface area (Å²) in [5.41, 5.74) is 5.03. The van der Waals surface area contributed by atoms with Gasteiger partial charge in [-0.1, -0.05) is 25.8 Å². The monoisotopic (exact) mass is 268 g/mol. The lowest BCUT2D eigenvalue weighted by atomic mass is 10.1. The smallest absolute Gasteiger partial charge is 0.340 e. The number of carbonyl (C=O) groups is 2. The van der Waals surface area contributed by atoms with Crippen LogP contribution in [0.5, 0.6) is 0 Å². The molecule has 0 saturated heterocycles. The van der Waals surface area contributed by atoms with Gasteiger partial charge in [0.25, 0.3) is 0 Å². The summed E-state index contributed by atoms with van der Waals surface area (Å²) in [6, 6.07) is 2.95. The molecule has 0 aromatic heterocycles. The molecule has 0 aliphatic heterocycles. The standard InChI is InChI=1S/C13H17FN2O3/c1-2-3-6-9(15)12(17)16-10-7-4-5-8(14)11(10)13(18)19/h4-5,7,9H,2-3,6,15H2,1H3,(H,16,17)(H,18,19)/t9-/m0/s1. The highest BCUT2D eigenvalue weighted by atomic mass is 19.1. The van der Waals surface area contributed by atoms with E-state index in [1.165, 1.54) is 12.1 Å². The zero-order valence-corrected chi connectivity index (χ0v) is 10.6. The maximum Gasteiger partial charge on any atom is 0.340 e. The summed E-state index contributed by atoms with van der Waals surface area (Å²) in [7, 11) is 0. The molecule has 0 unspecified atom stereocenters. The number of nitrogens with one attached hydrogen (secondary N) is 1. The highest BCUT2D eigenvalue weighted by molar-refractivity contribution is 6.02. The van der Waals surface area contributed by atoms with E-state index in [4.69, 9.17) is 10.8 Å². The molecular formula is C13H17FN2O3. The lowest BCUT2D eigenvalue weighted by molar-refractivity contribution is -0.117. The number of anilines is 1. The van der Waals surface area contributed by atoms with E-state index in [1.54, 1.807) is 0 Å². The second kappa shape index (κ2) is 6.84. The van der Waals surface area contributed by atoms with Gasteiger partial charge in [0.2, 0.25) is 5.91 Å². The molecule has 0 heterocycles. The minimum absolute atomic E-state index is 0.0792. The first kappa shape index (κ1) is 15.1. The molecule has 1 amide bonds. The molecule has 6 heteroatoms. The molecule has 0 bridgehead atoms. The summed E-state index contributed by atoms with van der Waals surface area (Å²) < 4.78 is 13.4. The van der Waals surface area contributed by atoms with Crippen LogP contribution in [0.3, 0.4) is 0 Å². The van der Waals surface area contributed by atoms with E-state index in [2.05, 4.69) is 5.32 Å². The Morgan fingerprint density at radius 1 is 1.47 bits per heavy atom. The third kappa shape index (κ3) is 4.03. The molecular weight excluding hydrogens is 251 g/mol. The van der Waals surface area contributed by atoms with Crippen LogP contribution in [-0.4, -0.2) is 23.0 Å². The number of rotatable bonds is 6. The van der Waals surface area contributed by atoms with Crippen molar-refractivity contribution >= 4 is 17.6 Å². The molecule has 0 spiro atoms. The molecule has 0 aliphatic carbocycles. The predicted octanol–water partition coefficient (Wildman–Crippen LogP) is 1.98. The van der Waals surface area contributed by atoms with Crippen molar-refractivity contribution < 1.29 is 19.1 Å². The van der Waals surface area contributed by atoms with E-state index >= 15 is 0 Å². The van der Waals surface area contributed by atoms with Gasteiger partial charge >= 0.3 is 5.97 Å². The number of carboxylic acids is 1. The lowest BCUT2D eigenvalue weighted by Gasteiger charge is -2.13. The first-order chi connectivity index (χ1) is 8.97. The molecule has 19 heavy (non-hydrogen) atoms. The SMILES string of the molecule is CCCC[C@H](N)C(=O)Nc1cccc(F)c1C(=O)O. The fourth-order valence-electron chi connectivity index (χ4n) is 1.63. The molecule has 104 valence electrons. The van der Waals surface area contributed by atoms with Gasteiger partial charge in [-0.05, 0) is 18.6 Å². The molecule has 0 fully saturated rings. The number of carbonyl (C=O) groups excluding carboxylic acids is 1. The summed E-state index contributed by atoms with van der Waals surface area (Å²) in [6.45, 7) is 1.97. The van der Waals surface area contributed by atoms with E-state index in [1.807, 2.05) is 6.92 Å². The molecule has 1 aromatic rings. The van der Waals surface area contributed by atoms with Gasteiger partial charge in [0.15, 0.2) is 0 Å². The van der Waals surface area contributed by atoms with Crippen LogP contribution in [0.15, 0.2) is 18.2 Å². The van der Waals surface area contributed by atoms with Crippen molar-refractivity contribution in [3.8, 4) is 0 Å². The first-order valence-corrected chi connectivity index (χ1v) is 6.05. The average molecular weight is 268 g/mol. The number of amides is 1. The highest BCUT2D eigenvalue weighted by Crippen LogP contribution is 2.19. The van der Waals surface area contributed by atoms with Crippen molar-refractivity contribution in [2.75, 3.05) is 5.32 Å². The van der Waals surface area contributed by atoms with Crippen molar-refractivity contribution in [1.82, 2.24) is 0 Å². The van der Waals surface area contributed by atoms with Gasteiger partial charge in [-0.2, -0.15) is 0 Å². The van der Waals surface area contributed by atoms with Gasteiger partial charge in [0.05, 0.1) is 11.7 Å². The summed E-state index contributed by atoms with van der Waals surface area (Å²) in [6.07, 6.45) is 2.20. The first-order valence-electron chi connectivity index (χ1n) is 6.05. The maximum absolute atomic E-state index is 13.4. The summed E-state index contributed by atoms with van der Waals surface area (Å²) in [5.74, 6) is -2.84. The van der Waals surface area contributed by atoms with Gasteiger partial charge < -0.3 is 16.2 Å². The number of hydrogen-bond acceptors (Lipinski definition) is 3. The van der Waals surface area contributed by atoms with Crippen molar-refractivity contribution in [1.29, 1.82) is 0 Å². The van der Waals surface area contributed by atoms with Gasteiger partial charge in [-0.15, -0.1) is 0 Å². The average Bonchev–Trinajstić information content (AvgIpc) is 2.35. The molecule has 0 aliphatic rings. The zero-order chi connectivity index (χ0) is 14.4. The van der Waals surface area contributed by atoms with Crippen LogP contribution in [0.1, 0.15) is 36.5 Å². The number of unbranched alkanes of at least 4 members (excludes halogenated alkanes) is 1. The number of nitrogens with two attached hydrogens (primary N) is 1. The Kier molecular flexibility index (Phi) is 5.44. The van der Waals surface area contributed by atoms with Crippen molar-refractivity contribution in [2.24, 2.45) is 5.73 Å². The van der Waals surface area contributed by atoms with Gasteiger partial charge in [0, 0.05) is 0 Å². The zero-order valence-electron chi connectivity index (χ0n) is 10.6. The van der Waals surface area contributed by atoms with Gasteiger partial charge in [-0.3, -0.25) is 4.79 Å². The fourth-order valence-corrected chi connectivity index (χ4v) is 1.63. The molecule has 5 nitrogen and oxygen atoms in total. The topological polar surface area (TPSA) is 92.4 Å². The van der Waals surface area contributed by atoms with Crippen LogP contribution in [-0.2, 0) is 4.79 Å². The van der Waals surface area contributed by atoms with Crippen LogP contribution < -0.4 is 11.1 Å². The van der Waals surface area contributed by atoms with E-state index in [-0.39, 0.29) is 5.69 Å². The molecule has 0 radical (unpaired) electrons. The Hall–Kier alpha value is -1.95. The Labute approximate surface area is 110 Å². The van der Waals surface area contributed by atoms with Gasteiger partial charge in [-0.25, -0.2) is 9.18 Å². The summed E-state index contributed by atoms with van der Waals surface area (Å²) >= 11 is 0. The minimum atomic E-state index is -1.43. The fraction of sp³-hybridized carbons (Fsp3) is 0.385. The number of aromatic carboxylic acids is 1. The highest BCUT2D eigenvalue weighted by Gasteiger charge is 2.19. The van der Waals surface area contributed by atoms with Crippen molar-refractivity contribution in [2.45, 2.75) is 32.2 Å². The Bertz CT molecular complexity index is 477. The van der Waals surface area contributed by atoms with Gasteiger partial charge in [0.1, 0.15) is 11.4 Å². The number of halogens is 1. The Balaban J connectivity index is 2.85. The molecule has 1 aromatic carbocycles. The summed E-state index contributed by atoms with van der Waals surface area (Å²) in [4.78, 5) is 22.7. The number of benzene rings is 1. The molecule has 1 atom stereocenters. The minimum Gasteiger partial charge on any atom is -0.478 e. The molecule has 0 saturated carbocycles. The summed E-state index contributed by atoms with van der Waals surface area (Å²) in [5, 5.41) is 11.3. The second-order valence-corrected chi connectivity index (χ2v) is 4.21. The maximum atomic E-state index is 13.4. The number of hydrogen-bond donors (Lipinski definition) is 3. The van der Waals surface area contributed by atoms with Crippen LogP contribution in [0, 0.1) is 5.82 Å². The largest absolute Gasteiger partial charge is 0.478 e. The number of carboxylic acid groups (broad SMARTS) is 1. The van der Waals surface area contributed by atoms with E-state index in [0.29, 0.717) is 6.42 Å². The van der Waals surface area contributed by atoms with E-state index < -0.39 is 29.3 Å². The van der Waals surface area contributed by atoms with Crippen molar-refractivity contribution in [3.63, 3.8) is 0 Å². The quantitative estimate of drug-likeness (QED) is 0.735. The lowest BCUT2D eigenvalue weighted by Crippen LogP contribution is -2.36. The molecule has 1 rings (SSSR count). The third-order valence-corrected chi connectivity index (χ3v) is 2.69. The van der Waals surface area contributed by atoms with Crippen LogP contribution >= 0.6 is 0 Å².